The molecular weight excluding hydrogens is 320 g/mol. The van der Waals surface area contributed by atoms with E-state index in [0.29, 0.717) is 24.5 Å². The van der Waals surface area contributed by atoms with Crippen LogP contribution >= 0.6 is 0 Å². The summed E-state index contributed by atoms with van der Waals surface area (Å²) in [6.07, 6.45) is 3.05. The molecule has 134 valence electrons. The zero-order valence-electron chi connectivity index (χ0n) is 14.6. The number of nitrogens with two attached hydrogens (primary N) is 1. The maximum Gasteiger partial charge on any atom is 0.250 e. The normalized spacial score (nSPS) is 17.2. The van der Waals surface area contributed by atoms with E-state index in [1.54, 1.807) is 17.0 Å². The number of likely N-dealkylation sites (tertiary alicyclic amines) is 1. The fraction of sp³-hybridized carbons (Fsp3) is 0.529. The average molecular weight is 344 g/mol. The molecule has 0 bridgehead atoms. The van der Waals surface area contributed by atoms with Gasteiger partial charge in [0.15, 0.2) is 0 Å². The SMILES string of the molecule is CC(C)(CNc1ccc(C(N)=O)cn1)NCC(=O)N1CCC[C@H]1C#N. The van der Waals surface area contributed by atoms with Crippen molar-refractivity contribution in [3.63, 3.8) is 0 Å². The van der Waals surface area contributed by atoms with Crippen molar-refractivity contribution in [3.8, 4) is 6.07 Å². The fourth-order valence-corrected chi connectivity index (χ4v) is 2.63. The van der Waals surface area contributed by atoms with E-state index in [2.05, 4.69) is 21.7 Å². The Morgan fingerprint density at radius 3 is 2.84 bits per heavy atom. The first-order chi connectivity index (χ1) is 11.8. The van der Waals surface area contributed by atoms with Crippen LogP contribution in [-0.2, 0) is 4.79 Å². The summed E-state index contributed by atoms with van der Waals surface area (Å²) < 4.78 is 0. The lowest BCUT2D eigenvalue weighted by Crippen LogP contribution is -2.50. The lowest BCUT2D eigenvalue weighted by atomic mass is 10.1. The number of aromatic nitrogens is 1. The maximum absolute atomic E-state index is 12.3. The minimum atomic E-state index is -0.517. The third-order valence-electron chi connectivity index (χ3n) is 4.20. The van der Waals surface area contributed by atoms with E-state index in [1.807, 2.05) is 13.8 Å². The van der Waals surface area contributed by atoms with E-state index in [4.69, 9.17) is 11.0 Å². The van der Waals surface area contributed by atoms with Crippen molar-refractivity contribution >= 4 is 17.6 Å². The number of rotatable bonds is 7. The van der Waals surface area contributed by atoms with Crippen molar-refractivity contribution in [1.29, 1.82) is 5.26 Å². The van der Waals surface area contributed by atoms with Crippen molar-refractivity contribution in [2.24, 2.45) is 5.73 Å². The number of primary amides is 1. The molecule has 8 nitrogen and oxygen atoms in total. The smallest absolute Gasteiger partial charge is 0.250 e. The molecule has 0 saturated carbocycles. The predicted molar refractivity (Wildman–Crippen MR) is 93.7 cm³/mol. The van der Waals surface area contributed by atoms with Gasteiger partial charge in [-0.15, -0.1) is 0 Å². The van der Waals surface area contributed by atoms with Crippen LogP contribution in [0.3, 0.4) is 0 Å². The minimum Gasteiger partial charge on any atom is -0.368 e. The Balaban J connectivity index is 1.82. The molecule has 1 fully saturated rings. The average Bonchev–Trinajstić information content (AvgIpc) is 3.07. The Kier molecular flexibility index (Phi) is 5.93. The summed E-state index contributed by atoms with van der Waals surface area (Å²) in [5.41, 5.74) is 5.17. The van der Waals surface area contributed by atoms with Gasteiger partial charge >= 0.3 is 0 Å². The Hall–Kier alpha value is -2.66. The standard InChI is InChI=1S/C17H24N6O2/c1-17(2,11-21-14-6-5-12(9-20-14)16(19)25)22-10-15(24)23-7-3-4-13(23)8-18/h5-6,9,13,22H,3-4,7,10-11H2,1-2H3,(H2,19,25)(H,20,21)/t13-/m0/s1. The molecule has 1 saturated heterocycles. The Bertz CT molecular complexity index is 665. The van der Waals surface area contributed by atoms with E-state index >= 15 is 0 Å². The molecule has 1 aromatic rings. The minimum absolute atomic E-state index is 0.0546. The second-order valence-corrected chi connectivity index (χ2v) is 6.76. The summed E-state index contributed by atoms with van der Waals surface area (Å²) >= 11 is 0. The van der Waals surface area contributed by atoms with Crippen LogP contribution in [0.15, 0.2) is 18.3 Å². The number of pyridine rings is 1. The number of nitrogens with zero attached hydrogens (tertiary/aromatic N) is 3. The molecule has 0 aromatic carbocycles. The van der Waals surface area contributed by atoms with Crippen molar-refractivity contribution in [2.45, 2.75) is 38.3 Å². The van der Waals surface area contributed by atoms with Crippen LogP contribution in [-0.4, -0.2) is 52.9 Å². The molecule has 1 aliphatic rings. The van der Waals surface area contributed by atoms with Gasteiger partial charge < -0.3 is 21.3 Å². The van der Waals surface area contributed by atoms with E-state index in [1.165, 1.54) is 6.20 Å². The van der Waals surface area contributed by atoms with Gasteiger partial charge in [0, 0.05) is 24.8 Å². The third-order valence-corrected chi connectivity index (χ3v) is 4.20. The molecule has 2 amide bonds. The molecule has 4 N–H and O–H groups in total. The number of nitrogens with one attached hydrogen (secondary N) is 2. The zero-order valence-corrected chi connectivity index (χ0v) is 14.6. The predicted octanol–water partition coefficient (Wildman–Crippen LogP) is 0.475. The number of carbonyl (C=O) groups excluding carboxylic acids is 2. The van der Waals surface area contributed by atoms with Crippen molar-refractivity contribution in [3.05, 3.63) is 23.9 Å². The van der Waals surface area contributed by atoms with Gasteiger partial charge in [0.05, 0.1) is 18.2 Å². The molecule has 1 atom stereocenters. The lowest BCUT2D eigenvalue weighted by Gasteiger charge is -2.28. The first-order valence-corrected chi connectivity index (χ1v) is 8.26. The number of carbonyl (C=O) groups is 2. The van der Waals surface area contributed by atoms with Gasteiger partial charge in [-0.25, -0.2) is 4.98 Å². The summed E-state index contributed by atoms with van der Waals surface area (Å²) in [6.45, 7) is 5.30. The molecule has 25 heavy (non-hydrogen) atoms. The highest BCUT2D eigenvalue weighted by Crippen LogP contribution is 2.16. The van der Waals surface area contributed by atoms with Gasteiger partial charge in [-0.05, 0) is 38.8 Å². The van der Waals surface area contributed by atoms with E-state index in [0.717, 1.165) is 12.8 Å². The summed E-state index contributed by atoms with van der Waals surface area (Å²) in [6, 6.07) is 5.16. The van der Waals surface area contributed by atoms with Gasteiger partial charge in [-0.1, -0.05) is 0 Å². The van der Waals surface area contributed by atoms with Crippen LogP contribution in [0.5, 0.6) is 0 Å². The molecule has 0 radical (unpaired) electrons. The van der Waals surface area contributed by atoms with E-state index in [9.17, 15) is 9.59 Å². The number of hydrogen-bond acceptors (Lipinski definition) is 6. The van der Waals surface area contributed by atoms with E-state index in [-0.39, 0.29) is 24.0 Å². The maximum atomic E-state index is 12.3. The Labute approximate surface area is 147 Å². The summed E-state index contributed by atoms with van der Waals surface area (Å²) in [7, 11) is 0. The van der Waals surface area contributed by atoms with Crippen LogP contribution in [0.2, 0.25) is 0 Å². The highest BCUT2D eigenvalue weighted by atomic mass is 16.2. The first kappa shape index (κ1) is 18.7. The molecule has 8 heteroatoms. The Morgan fingerprint density at radius 1 is 1.48 bits per heavy atom. The number of nitriles is 1. The summed E-state index contributed by atoms with van der Waals surface area (Å²) in [4.78, 5) is 29.1. The first-order valence-electron chi connectivity index (χ1n) is 8.26. The Morgan fingerprint density at radius 2 is 2.24 bits per heavy atom. The molecule has 0 spiro atoms. The second kappa shape index (κ2) is 7.94. The lowest BCUT2D eigenvalue weighted by molar-refractivity contribution is -0.130. The number of anilines is 1. The van der Waals surface area contributed by atoms with Crippen LogP contribution in [0, 0.1) is 11.3 Å². The van der Waals surface area contributed by atoms with Crippen LogP contribution < -0.4 is 16.4 Å². The topological polar surface area (TPSA) is 124 Å². The highest BCUT2D eigenvalue weighted by molar-refractivity contribution is 5.92. The monoisotopic (exact) mass is 344 g/mol. The number of hydrogen-bond donors (Lipinski definition) is 3. The molecular formula is C17H24N6O2. The summed E-state index contributed by atoms with van der Waals surface area (Å²) in [5, 5.41) is 15.4. The molecule has 1 aromatic heterocycles. The van der Waals surface area contributed by atoms with Gasteiger partial charge in [0.2, 0.25) is 11.8 Å². The quantitative estimate of drug-likeness (QED) is 0.661. The molecule has 2 heterocycles. The largest absolute Gasteiger partial charge is 0.368 e. The van der Waals surface area contributed by atoms with Gasteiger partial charge in [-0.2, -0.15) is 5.26 Å². The summed E-state index contributed by atoms with van der Waals surface area (Å²) in [5.74, 6) is 0.0495. The van der Waals surface area contributed by atoms with Crippen molar-refractivity contribution in [2.75, 3.05) is 25.0 Å². The second-order valence-electron chi connectivity index (χ2n) is 6.76. The van der Waals surface area contributed by atoms with E-state index < -0.39 is 5.91 Å². The molecule has 2 rings (SSSR count). The van der Waals surface area contributed by atoms with Crippen molar-refractivity contribution < 1.29 is 9.59 Å². The number of amides is 2. The molecule has 0 unspecified atom stereocenters. The fourth-order valence-electron chi connectivity index (χ4n) is 2.63. The van der Waals surface area contributed by atoms with Crippen LogP contribution in [0.1, 0.15) is 37.0 Å². The molecule has 0 aliphatic carbocycles. The van der Waals surface area contributed by atoms with Crippen LogP contribution in [0.25, 0.3) is 0 Å². The van der Waals surface area contributed by atoms with Gasteiger partial charge in [-0.3, -0.25) is 9.59 Å². The highest BCUT2D eigenvalue weighted by Gasteiger charge is 2.29. The van der Waals surface area contributed by atoms with Crippen LogP contribution in [0.4, 0.5) is 5.82 Å². The van der Waals surface area contributed by atoms with Crippen molar-refractivity contribution in [1.82, 2.24) is 15.2 Å². The zero-order chi connectivity index (χ0) is 18.4. The molecule has 1 aliphatic heterocycles. The van der Waals surface area contributed by atoms with Gasteiger partial charge in [0.25, 0.3) is 0 Å². The third kappa shape index (κ3) is 5.16. The van der Waals surface area contributed by atoms with Gasteiger partial charge in [0.1, 0.15) is 11.9 Å².